The number of carbonyl (C=O) groups excluding carboxylic acids is 1. The lowest BCUT2D eigenvalue weighted by molar-refractivity contribution is -0.118. The van der Waals surface area contributed by atoms with E-state index in [1.807, 2.05) is 12.1 Å². The van der Waals surface area contributed by atoms with Gasteiger partial charge in [0.05, 0.1) is 10.7 Å². The number of ether oxygens (including phenoxy) is 1. The molecule has 0 spiro atoms. The third-order valence-electron chi connectivity index (χ3n) is 2.35. The summed E-state index contributed by atoms with van der Waals surface area (Å²) in [4.78, 5) is 11.1. The molecule has 1 aliphatic rings. The Morgan fingerprint density at radius 2 is 2.20 bits per heavy atom. The van der Waals surface area contributed by atoms with Gasteiger partial charge in [0.2, 0.25) is 0 Å². The van der Waals surface area contributed by atoms with E-state index >= 15 is 0 Å². The van der Waals surface area contributed by atoms with Gasteiger partial charge >= 0.3 is 0 Å². The Bertz CT molecular complexity index is 415. The van der Waals surface area contributed by atoms with E-state index in [2.05, 4.69) is 19.2 Å². The second-order valence-corrected chi connectivity index (χ2v) is 4.28. The molecule has 0 atom stereocenters. The van der Waals surface area contributed by atoms with Crippen LogP contribution in [0.25, 0.3) is 0 Å². The van der Waals surface area contributed by atoms with Crippen LogP contribution < -0.4 is 10.1 Å². The summed E-state index contributed by atoms with van der Waals surface area (Å²) in [6.45, 7) is 4.18. The van der Waals surface area contributed by atoms with Crippen LogP contribution in [0.15, 0.2) is 12.1 Å². The van der Waals surface area contributed by atoms with Crippen molar-refractivity contribution in [3.05, 3.63) is 22.7 Å². The number of benzene rings is 1. The van der Waals surface area contributed by atoms with Gasteiger partial charge < -0.3 is 10.1 Å². The molecule has 0 saturated heterocycles. The fraction of sp³-hybridized carbons (Fsp3) is 0.364. The minimum atomic E-state index is -0.139. The van der Waals surface area contributed by atoms with Crippen molar-refractivity contribution in [2.45, 2.75) is 19.8 Å². The summed E-state index contributed by atoms with van der Waals surface area (Å²) in [6.07, 6.45) is 0. The fourth-order valence-corrected chi connectivity index (χ4v) is 1.79. The topological polar surface area (TPSA) is 38.3 Å². The third kappa shape index (κ3) is 1.92. The predicted molar refractivity (Wildman–Crippen MR) is 59.7 cm³/mol. The van der Waals surface area contributed by atoms with Crippen LogP contribution in [-0.4, -0.2) is 12.5 Å². The van der Waals surface area contributed by atoms with Gasteiger partial charge in [0, 0.05) is 0 Å². The molecule has 0 saturated carbocycles. The van der Waals surface area contributed by atoms with E-state index in [0.717, 1.165) is 5.56 Å². The zero-order valence-electron chi connectivity index (χ0n) is 8.63. The largest absolute Gasteiger partial charge is 0.480 e. The summed E-state index contributed by atoms with van der Waals surface area (Å²) in [5.74, 6) is 0.798. The fourth-order valence-electron chi connectivity index (χ4n) is 1.51. The quantitative estimate of drug-likeness (QED) is 0.798. The number of halogens is 1. The first-order chi connectivity index (χ1) is 7.08. The minimum Gasteiger partial charge on any atom is -0.480 e. The first-order valence-corrected chi connectivity index (χ1v) is 5.22. The first-order valence-electron chi connectivity index (χ1n) is 4.84. The summed E-state index contributed by atoms with van der Waals surface area (Å²) < 4.78 is 5.26. The number of rotatable bonds is 1. The molecule has 1 heterocycles. The first kappa shape index (κ1) is 10.3. The highest BCUT2D eigenvalue weighted by Crippen LogP contribution is 2.38. The second-order valence-electron chi connectivity index (χ2n) is 3.87. The van der Waals surface area contributed by atoms with Gasteiger partial charge in [0.25, 0.3) is 5.91 Å². The highest BCUT2D eigenvalue weighted by Gasteiger charge is 2.20. The Morgan fingerprint density at radius 1 is 1.47 bits per heavy atom. The molecule has 0 radical (unpaired) electrons. The highest BCUT2D eigenvalue weighted by molar-refractivity contribution is 6.32. The Balaban J connectivity index is 2.48. The van der Waals surface area contributed by atoms with Crippen molar-refractivity contribution < 1.29 is 9.53 Å². The zero-order chi connectivity index (χ0) is 11.0. The Kier molecular flexibility index (Phi) is 2.57. The van der Waals surface area contributed by atoms with Crippen LogP contribution in [0.1, 0.15) is 25.3 Å². The number of hydrogen-bond donors (Lipinski definition) is 1. The molecule has 1 aromatic carbocycles. The number of carbonyl (C=O) groups is 1. The molecule has 4 heteroatoms. The summed E-state index contributed by atoms with van der Waals surface area (Å²) in [7, 11) is 0. The molecule has 0 aliphatic carbocycles. The van der Waals surface area contributed by atoms with Gasteiger partial charge in [-0.3, -0.25) is 4.79 Å². The van der Waals surface area contributed by atoms with Crippen molar-refractivity contribution in [1.29, 1.82) is 0 Å². The molecule has 0 fully saturated rings. The number of nitrogens with one attached hydrogen (secondary N) is 1. The molecule has 1 amide bonds. The van der Waals surface area contributed by atoms with E-state index < -0.39 is 0 Å². The Labute approximate surface area is 93.4 Å². The molecule has 1 N–H and O–H groups in total. The minimum absolute atomic E-state index is 0.0355. The molecular formula is C11H12ClNO2. The van der Waals surface area contributed by atoms with Crippen LogP contribution in [0, 0.1) is 0 Å². The van der Waals surface area contributed by atoms with Crippen LogP contribution in [0.3, 0.4) is 0 Å². The van der Waals surface area contributed by atoms with Crippen LogP contribution in [0.5, 0.6) is 5.75 Å². The number of anilines is 1. The average molecular weight is 226 g/mol. The molecule has 80 valence electrons. The van der Waals surface area contributed by atoms with Crippen LogP contribution in [0.4, 0.5) is 5.69 Å². The number of fused-ring (bicyclic) bond motifs is 1. The Hall–Kier alpha value is -1.22. The van der Waals surface area contributed by atoms with Crippen LogP contribution in [-0.2, 0) is 4.79 Å². The summed E-state index contributed by atoms with van der Waals surface area (Å²) in [5, 5.41) is 3.30. The van der Waals surface area contributed by atoms with Crippen molar-refractivity contribution in [2.24, 2.45) is 0 Å². The van der Waals surface area contributed by atoms with Crippen LogP contribution >= 0.6 is 11.6 Å². The maximum atomic E-state index is 11.1. The second kappa shape index (κ2) is 3.74. The number of hydrogen-bond acceptors (Lipinski definition) is 2. The van der Waals surface area contributed by atoms with Gasteiger partial charge in [0.1, 0.15) is 0 Å². The van der Waals surface area contributed by atoms with Gasteiger partial charge in [-0.05, 0) is 23.6 Å². The van der Waals surface area contributed by atoms with E-state index in [4.69, 9.17) is 16.3 Å². The van der Waals surface area contributed by atoms with Crippen molar-refractivity contribution in [3.8, 4) is 5.75 Å². The lowest BCUT2D eigenvalue weighted by Gasteiger charge is -2.20. The number of amides is 1. The lowest BCUT2D eigenvalue weighted by Crippen LogP contribution is -2.25. The summed E-state index contributed by atoms with van der Waals surface area (Å²) >= 11 is 6.06. The van der Waals surface area contributed by atoms with Gasteiger partial charge in [-0.1, -0.05) is 25.4 Å². The molecular weight excluding hydrogens is 214 g/mol. The normalized spacial score (nSPS) is 14.5. The maximum Gasteiger partial charge on any atom is 0.262 e. The average Bonchev–Trinajstić information content (AvgIpc) is 2.16. The zero-order valence-corrected chi connectivity index (χ0v) is 9.39. The summed E-state index contributed by atoms with van der Waals surface area (Å²) in [5.41, 5.74) is 1.76. The van der Waals surface area contributed by atoms with Crippen molar-refractivity contribution >= 4 is 23.2 Å². The van der Waals surface area contributed by atoms with Crippen molar-refractivity contribution in [2.75, 3.05) is 11.9 Å². The lowest BCUT2D eigenvalue weighted by atomic mass is 10.0. The monoisotopic (exact) mass is 225 g/mol. The molecule has 15 heavy (non-hydrogen) atoms. The molecule has 0 unspecified atom stereocenters. The molecule has 0 aromatic heterocycles. The van der Waals surface area contributed by atoms with E-state index in [1.165, 1.54) is 0 Å². The van der Waals surface area contributed by atoms with E-state index in [9.17, 15) is 4.79 Å². The van der Waals surface area contributed by atoms with E-state index in [1.54, 1.807) is 0 Å². The highest BCUT2D eigenvalue weighted by atomic mass is 35.5. The Morgan fingerprint density at radius 3 is 2.87 bits per heavy atom. The van der Waals surface area contributed by atoms with Gasteiger partial charge in [-0.15, -0.1) is 0 Å². The predicted octanol–water partition coefficient (Wildman–Crippen LogP) is 2.79. The van der Waals surface area contributed by atoms with Crippen LogP contribution in [0.2, 0.25) is 5.02 Å². The van der Waals surface area contributed by atoms with Gasteiger partial charge in [-0.2, -0.15) is 0 Å². The van der Waals surface area contributed by atoms with Crippen molar-refractivity contribution in [3.63, 3.8) is 0 Å². The smallest absolute Gasteiger partial charge is 0.262 e. The molecule has 2 rings (SSSR count). The molecule has 0 bridgehead atoms. The molecule has 1 aromatic rings. The maximum absolute atomic E-state index is 11.1. The van der Waals surface area contributed by atoms with Crippen molar-refractivity contribution in [1.82, 2.24) is 0 Å². The standard InChI is InChI=1S/C11H12ClNO2/c1-6(2)7-3-8(12)11-9(4-7)13-10(14)5-15-11/h3-4,6H,5H2,1-2H3,(H,13,14). The van der Waals surface area contributed by atoms with E-state index in [0.29, 0.717) is 22.4 Å². The van der Waals surface area contributed by atoms with Gasteiger partial charge in [0.15, 0.2) is 12.4 Å². The SMILES string of the molecule is CC(C)c1cc(Cl)c2c(c1)NC(=O)CO2. The summed E-state index contributed by atoms with van der Waals surface area (Å²) in [6, 6.07) is 3.78. The molecule has 1 aliphatic heterocycles. The van der Waals surface area contributed by atoms with E-state index in [-0.39, 0.29) is 12.5 Å². The molecule has 3 nitrogen and oxygen atoms in total. The third-order valence-corrected chi connectivity index (χ3v) is 2.64. The van der Waals surface area contributed by atoms with Gasteiger partial charge in [-0.25, -0.2) is 0 Å².